The topological polar surface area (TPSA) is 152 Å². The first-order valence-electron chi connectivity index (χ1n) is 20.9. The SMILES string of the molecule is C=CCC[C@H](NC(=O)OCC1c2ccccc2-c2ccccc21)C(=O)OC[C@@H](NC(=O)[C@H](CC=C)CC(=O)N[C@H](CO)Cc1ccc(OCc2ccccc2)cc1)C(C)(C)C. The lowest BCUT2D eigenvalue weighted by atomic mass is 9.86. The molecule has 0 heterocycles. The molecule has 11 nitrogen and oxygen atoms in total. The van der Waals surface area contributed by atoms with Gasteiger partial charge in [-0.1, -0.05) is 124 Å². The van der Waals surface area contributed by atoms with E-state index < -0.39 is 53.3 Å². The summed E-state index contributed by atoms with van der Waals surface area (Å²) in [6, 6.07) is 31.2. The number of hydrogen-bond donors (Lipinski definition) is 4. The number of aliphatic hydroxyl groups is 1. The Hall–Kier alpha value is -6.20. The summed E-state index contributed by atoms with van der Waals surface area (Å²) in [7, 11) is 0. The molecule has 0 bridgehead atoms. The zero-order valence-corrected chi connectivity index (χ0v) is 35.4. The molecule has 5 rings (SSSR count). The first-order chi connectivity index (χ1) is 29.4. The predicted molar refractivity (Wildman–Crippen MR) is 237 cm³/mol. The van der Waals surface area contributed by atoms with Crippen LogP contribution in [0, 0.1) is 11.3 Å². The standard InChI is InChI=1S/C50H59N3O8/c1-6-8-23-44(52-49(58)61-32-43-41-21-14-12-19-39(41)40-20-13-15-22-42(40)43)48(57)60-33-45(50(3,4)5)53-47(56)36(16-7-2)29-46(55)51-37(30-54)28-34-24-26-38(27-25-34)59-31-35-17-10-9-11-18-35/h6-7,9-15,17-22,24-27,36-37,43-45,54H,1-2,8,16,23,28-33H2,3-5H3,(H,51,55)(H,52,58)(H,53,56)/t36-,37+,44+,45-/m1/s1. The Morgan fingerprint density at radius 3 is 2.02 bits per heavy atom. The van der Waals surface area contributed by atoms with Crippen molar-refractivity contribution >= 4 is 23.9 Å². The minimum atomic E-state index is -1.02. The molecule has 0 saturated heterocycles. The van der Waals surface area contributed by atoms with Gasteiger partial charge in [0.2, 0.25) is 11.8 Å². The third-order valence-corrected chi connectivity index (χ3v) is 10.8. The lowest BCUT2D eigenvalue weighted by molar-refractivity contribution is -0.148. The quantitative estimate of drug-likeness (QED) is 0.0463. The van der Waals surface area contributed by atoms with Crippen molar-refractivity contribution in [3.05, 3.63) is 151 Å². The number of ether oxygens (including phenoxy) is 3. The molecule has 0 unspecified atom stereocenters. The molecule has 0 radical (unpaired) electrons. The Balaban J connectivity index is 1.12. The summed E-state index contributed by atoms with van der Waals surface area (Å²) in [6.07, 6.45) is 3.60. The Morgan fingerprint density at radius 1 is 0.770 bits per heavy atom. The number of rotatable bonds is 22. The van der Waals surface area contributed by atoms with Crippen molar-refractivity contribution in [3.8, 4) is 16.9 Å². The first kappa shape index (κ1) is 45.9. The molecule has 0 fully saturated rings. The molecular weight excluding hydrogens is 771 g/mol. The van der Waals surface area contributed by atoms with Gasteiger partial charge in [0.05, 0.1) is 24.6 Å². The average molecular weight is 830 g/mol. The van der Waals surface area contributed by atoms with Gasteiger partial charge in [-0.05, 0) is 76.6 Å². The Kier molecular flexibility index (Phi) is 16.9. The normalized spacial score (nSPS) is 13.9. The number of amides is 3. The molecule has 0 spiro atoms. The van der Waals surface area contributed by atoms with Crippen molar-refractivity contribution in [2.45, 2.75) is 83.5 Å². The molecule has 4 N–H and O–H groups in total. The fraction of sp³-hybridized carbons (Fsp3) is 0.360. The highest BCUT2D eigenvalue weighted by Gasteiger charge is 2.33. The summed E-state index contributed by atoms with van der Waals surface area (Å²) in [5.41, 5.74) is 5.75. The van der Waals surface area contributed by atoms with E-state index >= 15 is 0 Å². The van der Waals surface area contributed by atoms with Gasteiger partial charge in [-0.3, -0.25) is 9.59 Å². The Labute approximate surface area is 359 Å². The summed E-state index contributed by atoms with van der Waals surface area (Å²) in [5.74, 6) is -1.69. The number of fused-ring (bicyclic) bond motifs is 3. The molecule has 0 aliphatic heterocycles. The van der Waals surface area contributed by atoms with Crippen LogP contribution in [0.25, 0.3) is 11.1 Å². The van der Waals surface area contributed by atoms with Crippen LogP contribution in [-0.2, 0) is 36.9 Å². The number of allylic oxidation sites excluding steroid dienone is 2. The van der Waals surface area contributed by atoms with Crippen LogP contribution in [0.15, 0.2) is 128 Å². The van der Waals surface area contributed by atoms with Crippen molar-refractivity contribution in [3.63, 3.8) is 0 Å². The van der Waals surface area contributed by atoms with Gasteiger partial charge in [0.1, 0.15) is 31.6 Å². The number of nitrogens with one attached hydrogen (secondary N) is 3. The third-order valence-electron chi connectivity index (χ3n) is 10.8. The Bertz CT molecular complexity index is 2050. The minimum Gasteiger partial charge on any atom is -0.489 e. The Morgan fingerprint density at radius 2 is 1.41 bits per heavy atom. The van der Waals surface area contributed by atoms with Crippen molar-refractivity contribution in [2.24, 2.45) is 11.3 Å². The van der Waals surface area contributed by atoms with E-state index in [0.717, 1.165) is 33.4 Å². The molecule has 0 aromatic heterocycles. The molecule has 3 amide bonds. The summed E-state index contributed by atoms with van der Waals surface area (Å²) < 4.78 is 17.3. The van der Waals surface area contributed by atoms with Crippen LogP contribution < -0.4 is 20.7 Å². The zero-order valence-electron chi connectivity index (χ0n) is 35.4. The van der Waals surface area contributed by atoms with E-state index in [-0.39, 0.29) is 45.0 Å². The zero-order chi connectivity index (χ0) is 43.8. The van der Waals surface area contributed by atoms with Crippen LogP contribution in [0.3, 0.4) is 0 Å². The lowest BCUT2D eigenvalue weighted by Gasteiger charge is -2.32. The number of aliphatic hydroxyl groups excluding tert-OH is 1. The number of carbonyl (C=O) groups excluding carboxylic acids is 4. The number of hydrogen-bond acceptors (Lipinski definition) is 8. The van der Waals surface area contributed by atoms with Crippen LogP contribution >= 0.6 is 0 Å². The van der Waals surface area contributed by atoms with Crippen molar-refractivity contribution in [2.75, 3.05) is 19.8 Å². The number of esters is 1. The van der Waals surface area contributed by atoms with Gasteiger partial charge in [-0.2, -0.15) is 0 Å². The molecule has 4 atom stereocenters. The highest BCUT2D eigenvalue weighted by Crippen LogP contribution is 2.44. The van der Waals surface area contributed by atoms with Crippen LogP contribution in [-0.4, -0.2) is 66.9 Å². The van der Waals surface area contributed by atoms with Gasteiger partial charge in [0.25, 0.3) is 0 Å². The molecule has 1 aliphatic rings. The maximum atomic E-state index is 13.7. The largest absolute Gasteiger partial charge is 0.489 e. The summed E-state index contributed by atoms with van der Waals surface area (Å²) in [4.78, 5) is 53.6. The van der Waals surface area contributed by atoms with Crippen molar-refractivity contribution < 1.29 is 38.5 Å². The van der Waals surface area contributed by atoms with Crippen LogP contribution in [0.2, 0.25) is 0 Å². The van der Waals surface area contributed by atoms with Crippen LogP contribution in [0.5, 0.6) is 5.75 Å². The van der Waals surface area contributed by atoms with E-state index in [1.54, 1.807) is 12.2 Å². The third kappa shape index (κ3) is 13.4. The monoisotopic (exact) mass is 829 g/mol. The van der Waals surface area contributed by atoms with Crippen LogP contribution in [0.4, 0.5) is 4.79 Å². The lowest BCUT2D eigenvalue weighted by Crippen LogP contribution is -2.51. The summed E-state index contributed by atoms with van der Waals surface area (Å²) in [6.45, 7) is 13.3. The fourth-order valence-electron chi connectivity index (χ4n) is 7.28. The maximum absolute atomic E-state index is 13.7. The average Bonchev–Trinajstić information content (AvgIpc) is 3.58. The van der Waals surface area contributed by atoms with E-state index in [0.29, 0.717) is 25.2 Å². The molecule has 0 saturated carbocycles. The highest BCUT2D eigenvalue weighted by molar-refractivity contribution is 5.86. The summed E-state index contributed by atoms with van der Waals surface area (Å²) in [5, 5.41) is 18.7. The van der Waals surface area contributed by atoms with Gasteiger partial charge in [0.15, 0.2) is 0 Å². The molecule has 1 aliphatic carbocycles. The first-order valence-corrected chi connectivity index (χ1v) is 20.9. The predicted octanol–water partition coefficient (Wildman–Crippen LogP) is 7.82. The van der Waals surface area contributed by atoms with Gasteiger partial charge in [0, 0.05) is 12.3 Å². The molecule has 4 aromatic carbocycles. The molecule has 11 heteroatoms. The van der Waals surface area contributed by atoms with Gasteiger partial charge < -0.3 is 35.3 Å². The molecular formula is C50H59N3O8. The van der Waals surface area contributed by atoms with E-state index in [9.17, 15) is 24.3 Å². The second-order valence-electron chi connectivity index (χ2n) is 16.4. The maximum Gasteiger partial charge on any atom is 0.407 e. The second-order valence-corrected chi connectivity index (χ2v) is 16.4. The highest BCUT2D eigenvalue weighted by atomic mass is 16.6. The van der Waals surface area contributed by atoms with Gasteiger partial charge >= 0.3 is 12.1 Å². The molecule has 322 valence electrons. The van der Waals surface area contributed by atoms with Crippen molar-refractivity contribution in [1.82, 2.24) is 16.0 Å². The molecule has 61 heavy (non-hydrogen) atoms. The number of benzene rings is 4. The number of carbonyl (C=O) groups is 4. The van der Waals surface area contributed by atoms with Gasteiger partial charge in [-0.15, -0.1) is 13.2 Å². The van der Waals surface area contributed by atoms with E-state index in [2.05, 4.69) is 41.2 Å². The van der Waals surface area contributed by atoms with Crippen LogP contribution in [0.1, 0.15) is 74.6 Å². The smallest absolute Gasteiger partial charge is 0.407 e. The van der Waals surface area contributed by atoms with E-state index in [4.69, 9.17) is 14.2 Å². The van der Waals surface area contributed by atoms with Gasteiger partial charge in [-0.25, -0.2) is 9.59 Å². The fourth-order valence-corrected chi connectivity index (χ4v) is 7.28. The number of alkyl carbamates (subject to hydrolysis) is 1. The second kappa shape index (κ2) is 22.4. The minimum absolute atomic E-state index is 0.0886. The molecule has 4 aromatic rings. The summed E-state index contributed by atoms with van der Waals surface area (Å²) >= 11 is 0. The van der Waals surface area contributed by atoms with E-state index in [1.165, 1.54) is 0 Å². The van der Waals surface area contributed by atoms with Crippen molar-refractivity contribution in [1.29, 1.82) is 0 Å². The van der Waals surface area contributed by atoms with E-state index in [1.807, 2.05) is 112 Å².